The second-order valence-electron chi connectivity index (χ2n) is 6.16. The van der Waals surface area contributed by atoms with Gasteiger partial charge in [0.2, 0.25) is 11.7 Å². The quantitative estimate of drug-likeness (QED) is 0.479. The fourth-order valence-corrected chi connectivity index (χ4v) is 3.61. The number of aromatic nitrogens is 5. The van der Waals surface area contributed by atoms with Gasteiger partial charge in [0.1, 0.15) is 17.3 Å². The van der Waals surface area contributed by atoms with Gasteiger partial charge in [0.05, 0.1) is 16.8 Å². The molecule has 0 atom stereocenters. The van der Waals surface area contributed by atoms with Crippen molar-refractivity contribution in [3.8, 4) is 5.75 Å². The maximum Gasteiger partial charge on any atom is 0.246 e. The summed E-state index contributed by atoms with van der Waals surface area (Å²) in [7, 11) is 1.74. The van der Waals surface area contributed by atoms with Gasteiger partial charge in [-0.15, -0.1) is 21.5 Å². The van der Waals surface area contributed by atoms with E-state index in [9.17, 15) is 4.79 Å². The lowest BCUT2D eigenvalue weighted by molar-refractivity contribution is -0.131. The molecule has 1 amide bonds. The van der Waals surface area contributed by atoms with Gasteiger partial charge in [-0.2, -0.15) is 4.80 Å². The van der Waals surface area contributed by atoms with Gasteiger partial charge in [-0.1, -0.05) is 30.3 Å². The molecule has 142 valence electrons. The van der Waals surface area contributed by atoms with E-state index in [1.807, 2.05) is 54.6 Å². The van der Waals surface area contributed by atoms with E-state index in [0.29, 0.717) is 12.4 Å². The molecule has 9 heteroatoms. The third-order valence-electron chi connectivity index (χ3n) is 4.02. The number of hydrogen-bond acceptors (Lipinski definition) is 7. The van der Waals surface area contributed by atoms with Crippen molar-refractivity contribution in [1.29, 1.82) is 0 Å². The van der Waals surface area contributed by atoms with E-state index in [0.717, 1.165) is 21.0 Å². The summed E-state index contributed by atoms with van der Waals surface area (Å²) in [5, 5.41) is 12.9. The van der Waals surface area contributed by atoms with Crippen molar-refractivity contribution < 1.29 is 9.53 Å². The van der Waals surface area contributed by atoms with Crippen molar-refractivity contribution in [2.24, 2.45) is 0 Å². The Balaban J connectivity index is 1.32. The first-order chi connectivity index (χ1) is 13.7. The van der Waals surface area contributed by atoms with Crippen LogP contribution >= 0.6 is 11.3 Å². The number of likely N-dealkylation sites (N-methyl/N-ethyl adjacent to an activating group) is 1. The van der Waals surface area contributed by atoms with Crippen molar-refractivity contribution in [2.75, 3.05) is 7.05 Å². The van der Waals surface area contributed by atoms with Gasteiger partial charge in [-0.05, 0) is 29.5 Å². The number of carbonyl (C=O) groups excluding carboxylic acids is 1. The van der Waals surface area contributed by atoms with Crippen molar-refractivity contribution in [2.45, 2.75) is 19.7 Å². The zero-order valence-corrected chi connectivity index (χ0v) is 16.0. The molecule has 8 nitrogen and oxygen atoms in total. The monoisotopic (exact) mass is 394 g/mol. The lowest BCUT2D eigenvalue weighted by Crippen LogP contribution is -2.30. The Labute approximate surface area is 165 Å². The highest BCUT2D eigenvalue weighted by atomic mass is 32.1. The SMILES string of the molecule is CN(Cc1nc2ccccc2s1)C(=O)Cn1nnc(COc2ccccc2)n1. The van der Waals surface area contributed by atoms with Crippen LogP contribution in [0.5, 0.6) is 5.75 Å². The Hall–Kier alpha value is -3.33. The molecule has 4 rings (SSSR count). The Morgan fingerprint density at radius 2 is 1.93 bits per heavy atom. The Bertz CT molecular complexity index is 1050. The number of fused-ring (bicyclic) bond motifs is 1. The van der Waals surface area contributed by atoms with E-state index < -0.39 is 0 Å². The number of carbonyl (C=O) groups is 1. The van der Waals surface area contributed by atoms with Crippen LogP contribution in [0.3, 0.4) is 0 Å². The lowest BCUT2D eigenvalue weighted by atomic mass is 10.3. The number of nitrogens with zero attached hydrogens (tertiary/aromatic N) is 6. The molecule has 0 aliphatic carbocycles. The van der Waals surface area contributed by atoms with Crippen LogP contribution in [0.25, 0.3) is 10.2 Å². The first-order valence-corrected chi connectivity index (χ1v) is 9.52. The molecule has 28 heavy (non-hydrogen) atoms. The first kappa shape index (κ1) is 18.1. The molecular weight excluding hydrogens is 376 g/mol. The molecule has 0 spiro atoms. The van der Waals surface area contributed by atoms with Crippen LogP contribution in [0.4, 0.5) is 0 Å². The molecule has 2 heterocycles. The number of ether oxygens (including phenoxy) is 1. The van der Waals surface area contributed by atoms with Crippen molar-refractivity contribution in [1.82, 2.24) is 30.1 Å². The summed E-state index contributed by atoms with van der Waals surface area (Å²) in [6, 6.07) is 17.3. The Kier molecular flexibility index (Phi) is 5.24. The fourth-order valence-electron chi connectivity index (χ4n) is 2.59. The predicted octanol–water partition coefficient (Wildman–Crippen LogP) is 2.52. The number of para-hydroxylation sites is 2. The number of amides is 1. The van der Waals surface area contributed by atoms with Gasteiger partial charge in [0.15, 0.2) is 6.61 Å². The van der Waals surface area contributed by atoms with Crippen LogP contribution in [0.2, 0.25) is 0 Å². The van der Waals surface area contributed by atoms with E-state index in [2.05, 4.69) is 20.4 Å². The standard InChI is InChI=1S/C19H18N6O2S/c1-24(11-18-20-15-9-5-6-10-16(15)28-18)19(26)12-25-22-17(21-23-25)13-27-14-7-3-2-4-8-14/h2-10H,11-13H2,1H3. The zero-order chi connectivity index (χ0) is 19.3. The summed E-state index contributed by atoms with van der Waals surface area (Å²) in [5.41, 5.74) is 0.948. The first-order valence-electron chi connectivity index (χ1n) is 8.70. The average Bonchev–Trinajstić information content (AvgIpc) is 3.33. The van der Waals surface area contributed by atoms with Crippen molar-refractivity contribution in [3.05, 3.63) is 65.4 Å². The fraction of sp³-hybridized carbons (Fsp3) is 0.211. The molecule has 0 bridgehead atoms. The molecule has 2 aromatic carbocycles. The average molecular weight is 394 g/mol. The molecule has 0 radical (unpaired) electrons. The predicted molar refractivity (Wildman–Crippen MR) is 105 cm³/mol. The van der Waals surface area contributed by atoms with Gasteiger partial charge in [-0.3, -0.25) is 4.79 Å². The van der Waals surface area contributed by atoms with E-state index in [-0.39, 0.29) is 19.1 Å². The molecule has 0 unspecified atom stereocenters. The van der Waals surface area contributed by atoms with E-state index in [1.54, 1.807) is 23.3 Å². The third-order valence-corrected chi connectivity index (χ3v) is 5.04. The minimum absolute atomic E-state index is 0.0136. The van der Waals surface area contributed by atoms with Crippen LogP contribution < -0.4 is 4.74 Å². The van der Waals surface area contributed by atoms with Gasteiger partial charge in [0.25, 0.3) is 0 Å². The lowest BCUT2D eigenvalue weighted by Gasteiger charge is -2.14. The van der Waals surface area contributed by atoms with E-state index in [4.69, 9.17) is 4.74 Å². The third kappa shape index (κ3) is 4.32. The largest absolute Gasteiger partial charge is 0.485 e. The van der Waals surface area contributed by atoms with Crippen molar-refractivity contribution >= 4 is 27.5 Å². The minimum Gasteiger partial charge on any atom is -0.485 e. The molecule has 4 aromatic rings. The number of rotatable bonds is 7. The topological polar surface area (TPSA) is 86.0 Å². The van der Waals surface area contributed by atoms with Crippen LogP contribution in [-0.4, -0.2) is 43.0 Å². The van der Waals surface area contributed by atoms with Crippen LogP contribution in [0, 0.1) is 0 Å². The van der Waals surface area contributed by atoms with E-state index >= 15 is 0 Å². The zero-order valence-electron chi connectivity index (χ0n) is 15.2. The highest BCUT2D eigenvalue weighted by molar-refractivity contribution is 7.18. The van der Waals surface area contributed by atoms with Gasteiger partial charge in [0, 0.05) is 7.05 Å². The number of thiazole rings is 1. The van der Waals surface area contributed by atoms with Gasteiger partial charge < -0.3 is 9.64 Å². The molecule has 0 N–H and O–H groups in total. The maximum absolute atomic E-state index is 12.5. The number of hydrogen-bond donors (Lipinski definition) is 0. The second-order valence-corrected chi connectivity index (χ2v) is 7.28. The Morgan fingerprint density at radius 1 is 1.14 bits per heavy atom. The number of benzene rings is 2. The van der Waals surface area contributed by atoms with Gasteiger partial charge >= 0.3 is 0 Å². The molecular formula is C19H18N6O2S. The van der Waals surface area contributed by atoms with Crippen LogP contribution in [0.1, 0.15) is 10.8 Å². The second kappa shape index (κ2) is 8.13. The smallest absolute Gasteiger partial charge is 0.246 e. The van der Waals surface area contributed by atoms with Crippen molar-refractivity contribution in [3.63, 3.8) is 0 Å². The van der Waals surface area contributed by atoms with Crippen LogP contribution in [-0.2, 0) is 24.5 Å². The molecule has 0 fully saturated rings. The summed E-state index contributed by atoms with van der Waals surface area (Å²) in [4.78, 5) is 19.9. The normalized spacial score (nSPS) is 10.9. The maximum atomic E-state index is 12.5. The van der Waals surface area contributed by atoms with Crippen LogP contribution in [0.15, 0.2) is 54.6 Å². The highest BCUT2D eigenvalue weighted by Crippen LogP contribution is 2.22. The molecule has 0 saturated carbocycles. The van der Waals surface area contributed by atoms with Gasteiger partial charge in [-0.25, -0.2) is 4.98 Å². The minimum atomic E-state index is -0.118. The summed E-state index contributed by atoms with van der Waals surface area (Å²) in [6.07, 6.45) is 0. The molecule has 0 saturated heterocycles. The number of tetrazole rings is 1. The molecule has 0 aliphatic heterocycles. The molecule has 0 aliphatic rings. The summed E-state index contributed by atoms with van der Waals surface area (Å²) < 4.78 is 6.70. The summed E-state index contributed by atoms with van der Waals surface area (Å²) >= 11 is 1.59. The highest BCUT2D eigenvalue weighted by Gasteiger charge is 2.15. The Morgan fingerprint density at radius 3 is 2.75 bits per heavy atom. The van der Waals surface area contributed by atoms with E-state index in [1.165, 1.54) is 4.80 Å². The summed E-state index contributed by atoms with van der Waals surface area (Å²) in [6.45, 7) is 0.649. The molecule has 2 aromatic heterocycles. The summed E-state index contributed by atoms with van der Waals surface area (Å²) in [5.74, 6) is 1.03.